The van der Waals surface area contributed by atoms with Gasteiger partial charge in [0.25, 0.3) is 0 Å². The first-order valence-electron chi connectivity index (χ1n) is 10.6. The summed E-state index contributed by atoms with van der Waals surface area (Å²) in [5, 5.41) is 3.30. The fourth-order valence-corrected chi connectivity index (χ4v) is 5.22. The molecule has 2 aliphatic rings. The second-order valence-corrected chi connectivity index (χ2v) is 8.97. The highest BCUT2D eigenvalue weighted by atomic mass is 32.1. The Labute approximate surface area is 180 Å². The van der Waals surface area contributed by atoms with E-state index in [1.165, 1.54) is 11.1 Å². The van der Waals surface area contributed by atoms with Gasteiger partial charge in [-0.05, 0) is 5.56 Å². The van der Waals surface area contributed by atoms with Gasteiger partial charge in [0.2, 0.25) is 0 Å². The minimum Gasteiger partial charge on any atom is -0.379 e. The molecule has 5 rings (SSSR count). The van der Waals surface area contributed by atoms with Gasteiger partial charge in [0.1, 0.15) is 22.3 Å². The summed E-state index contributed by atoms with van der Waals surface area (Å²) in [6.45, 7) is 7.52. The monoisotopic (exact) mass is 422 g/mol. The van der Waals surface area contributed by atoms with Crippen molar-refractivity contribution in [3.63, 3.8) is 0 Å². The number of Topliss-reactive ketones (excluding diaryl/α,β-unsaturated/α-hetero) is 1. The van der Waals surface area contributed by atoms with Crippen molar-refractivity contribution in [2.75, 3.05) is 44.3 Å². The zero-order valence-corrected chi connectivity index (χ0v) is 18.0. The van der Waals surface area contributed by atoms with E-state index < -0.39 is 0 Å². The Morgan fingerprint density at radius 2 is 1.93 bits per heavy atom. The van der Waals surface area contributed by atoms with Crippen molar-refractivity contribution in [1.29, 1.82) is 0 Å². The third-order valence-corrected chi connectivity index (χ3v) is 6.86. The maximum absolute atomic E-state index is 12.1. The van der Waals surface area contributed by atoms with E-state index in [-0.39, 0.29) is 5.92 Å². The average Bonchev–Trinajstić information content (AvgIpc) is 3.20. The van der Waals surface area contributed by atoms with Gasteiger partial charge in [-0.1, -0.05) is 37.3 Å². The van der Waals surface area contributed by atoms with Crippen LogP contribution in [0, 0.1) is 5.92 Å². The van der Waals surface area contributed by atoms with Crippen LogP contribution >= 0.6 is 11.3 Å². The van der Waals surface area contributed by atoms with E-state index in [1.54, 1.807) is 11.3 Å². The molecule has 0 bridgehead atoms. The lowest BCUT2D eigenvalue weighted by Crippen LogP contribution is -2.40. The molecule has 0 saturated carbocycles. The Morgan fingerprint density at radius 1 is 1.13 bits per heavy atom. The Morgan fingerprint density at radius 3 is 2.70 bits per heavy atom. The summed E-state index contributed by atoms with van der Waals surface area (Å²) in [6, 6.07) is 10.4. The van der Waals surface area contributed by atoms with Crippen molar-refractivity contribution >= 4 is 33.2 Å². The van der Waals surface area contributed by atoms with E-state index in [9.17, 15) is 4.79 Å². The number of morpholine rings is 1. The molecule has 156 valence electrons. The predicted octanol–water partition coefficient (Wildman–Crippen LogP) is 3.61. The van der Waals surface area contributed by atoms with E-state index in [0.29, 0.717) is 18.7 Å². The Bertz CT molecular complexity index is 1050. The number of piperidine rings is 1. The standard InChI is InChI=1S/C23H26N4O2S/c1-16-13-27(8-7-19(16)28)22-21-18(17-5-3-2-4-6-17)15-30-23(21)25-20(24-22)14-26-9-11-29-12-10-26/h2-6,15-16H,7-14H2,1H3. The first-order chi connectivity index (χ1) is 14.7. The number of rotatable bonds is 4. The molecular formula is C23H26N4O2S. The number of nitrogens with zero attached hydrogens (tertiary/aromatic N) is 4. The maximum atomic E-state index is 12.1. The molecule has 0 amide bonds. The highest BCUT2D eigenvalue weighted by molar-refractivity contribution is 7.17. The number of carbonyl (C=O) groups excluding carboxylic acids is 1. The van der Waals surface area contributed by atoms with E-state index >= 15 is 0 Å². The Kier molecular flexibility index (Phi) is 5.50. The third-order valence-electron chi connectivity index (χ3n) is 5.99. The van der Waals surface area contributed by atoms with Crippen LogP contribution in [-0.4, -0.2) is 60.0 Å². The lowest BCUT2D eigenvalue weighted by atomic mass is 9.98. The highest BCUT2D eigenvalue weighted by Gasteiger charge is 2.28. The van der Waals surface area contributed by atoms with Crippen molar-refractivity contribution in [1.82, 2.24) is 14.9 Å². The number of carbonyl (C=O) groups is 1. The second-order valence-electron chi connectivity index (χ2n) is 8.11. The average molecular weight is 423 g/mol. The number of thiophene rings is 1. The molecule has 3 aromatic rings. The second kappa shape index (κ2) is 8.41. The van der Waals surface area contributed by atoms with Crippen molar-refractivity contribution in [3.8, 4) is 11.1 Å². The van der Waals surface area contributed by atoms with E-state index in [1.807, 2.05) is 13.0 Å². The van der Waals surface area contributed by atoms with E-state index in [2.05, 4.69) is 39.4 Å². The topological polar surface area (TPSA) is 58.6 Å². The van der Waals surface area contributed by atoms with Gasteiger partial charge in [-0.15, -0.1) is 11.3 Å². The zero-order chi connectivity index (χ0) is 20.5. The van der Waals surface area contributed by atoms with Gasteiger partial charge in [-0.3, -0.25) is 9.69 Å². The molecule has 6 nitrogen and oxygen atoms in total. The summed E-state index contributed by atoms with van der Waals surface area (Å²) in [6.07, 6.45) is 0.580. The fraction of sp³-hybridized carbons (Fsp3) is 0.435. The SMILES string of the molecule is CC1CN(c2nc(CN3CCOCC3)nc3scc(-c4ccccc4)c23)CCC1=O. The normalized spacial score (nSPS) is 20.8. The number of benzene rings is 1. The predicted molar refractivity (Wildman–Crippen MR) is 120 cm³/mol. The molecule has 2 saturated heterocycles. The molecule has 7 heteroatoms. The van der Waals surface area contributed by atoms with E-state index in [0.717, 1.165) is 61.3 Å². The summed E-state index contributed by atoms with van der Waals surface area (Å²) in [7, 11) is 0. The number of fused-ring (bicyclic) bond motifs is 1. The lowest BCUT2D eigenvalue weighted by molar-refractivity contribution is -0.122. The summed E-state index contributed by atoms with van der Waals surface area (Å²) in [5.41, 5.74) is 2.35. The quantitative estimate of drug-likeness (QED) is 0.640. The molecule has 0 aliphatic carbocycles. The van der Waals surface area contributed by atoms with Crippen LogP contribution in [0.2, 0.25) is 0 Å². The van der Waals surface area contributed by atoms with Crippen molar-refractivity contribution in [3.05, 3.63) is 41.5 Å². The highest BCUT2D eigenvalue weighted by Crippen LogP contribution is 2.39. The summed E-state index contributed by atoms with van der Waals surface area (Å²) in [4.78, 5) is 27.8. The lowest BCUT2D eigenvalue weighted by Gasteiger charge is -2.32. The van der Waals surface area contributed by atoms with E-state index in [4.69, 9.17) is 14.7 Å². The van der Waals surface area contributed by atoms with Crippen LogP contribution < -0.4 is 4.90 Å². The first kappa shape index (κ1) is 19.6. The van der Waals surface area contributed by atoms with Gasteiger partial charge >= 0.3 is 0 Å². The third kappa shape index (κ3) is 3.85. The van der Waals surface area contributed by atoms with Gasteiger partial charge in [0.05, 0.1) is 25.1 Å². The molecule has 2 aromatic heterocycles. The summed E-state index contributed by atoms with van der Waals surface area (Å²) in [5.74, 6) is 2.21. The molecule has 1 aromatic carbocycles. The van der Waals surface area contributed by atoms with Crippen LogP contribution in [0.25, 0.3) is 21.3 Å². The first-order valence-corrected chi connectivity index (χ1v) is 11.5. The van der Waals surface area contributed by atoms with Crippen LogP contribution in [0.5, 0.6) is 0 Å². The molecule has 4 heterocycles. The minimum absolute atomic E-state index is 0.0327. The van der Waals surface area contributed by atoms with Gasteiger partial charge < -0.3 is 9.64 Å². The van der Waals surface area contributed by atoms with Gasteiger partial charge in [0, 0.05) is 49.5 Å². The number of anilines is 1. The summed E-state index contributed by atoms with van der Waals surface area (Å²) >= 11 is 1.68. The smallest absolute Gasteiger partial charge is 0.146 e. The number of ether oxygens (including phenoxy) is 1. The number of ketones is 1. The van der Waals surface area contributed by atoms with Crippen molar-refractivity contribution < 1.29 is 9.53 Å². The molecule has 0 N–H and O–H groups in total. The molecule has 0 spiro atoms. The van der Waals surface area contributed by atoms with Gasteiger partial charge in [0.15, 0.2) is 0 Å². The number of aromatic nitrogens is 2. The molecule has 1 unspecified atom stereocenters. The van der Waals surface area contributed by atoms with Crippen LogP contribution in [0.3, 0.4) is 0 Å². The maximum Gasteiger partial charge on any atom is 0.146 e. The van der Waals surface area contributed by atoms with Gasteiger partial charge in [-0.25, -0.2) is 9.97 Å². The molecule has 1 atom stereocenters. The van der Waals surface area contributed by atoms with Crippen LogP contribution in [0.1, 0.15) is 19.2 Å². The Hall–Kier alpha value is -2.35. The Balaban J connectivity index is 1.59. The van der Waals surface area contributed by atoms with Crippen molar-refractivity contribution in [2.24, 2.45) is 5.92 Å². The summed E-state index contributed by atoms with van der Waals surface area (Å²) < 4.78 is 5.48. The number of hydrogen-bond donors (Lipinski definition) is 0. The van der Waals surface area contributed by atoms with Gasteiger partial charge in [-0.2, -0.15) is 0 Å². The number of hydrogen-bond acceptors (Lipinski definition) is 7. The molecular weight excluding hydrogens is 396 g/mol. The van der Waals surface area contributed by atoms with Crippen molar-refractivity contribution in [2.45, 2.75) is 19.9 Å². The minimum atomic E-state index is 0.0327. The largest absolute Gasteiger partial charge is 0.379 e. The molecule has 2 aliphatic heterocycles. The molecule has 30 heavy (non-hydrogen) atoms. The fourth-order valence-electron chi connectivity index (χ4n) is 4.26. The zero-order valence-electron chi connectivity index (χ0n) is 17.2. The van der Waals surface area contributed by atoms with Crippen LogP contribution in [0.15, 0.2) is 35.7 Å². The molecule has 2 fully saturated rings. The van der Waals surface area contributed by atoms with Crippen LogP contribution in [-0.2, 0) is 16.1 Å². The molecule has 0 radical (unpaired) electrons. The van der Waals surface area contributed by atoms with Crippen LogP contribution in [0.4, 0.5) is 5.82 Å².